The third-order valence-electron chi connectivity index (χ3n) is 3.60. The highest BCUT2D eigenvalue weighted by Gasteiger charge is 2.35. The minimum absolute atomic E-state index is 0.0679. The normalized spacial score (nSPS) is 12.9. The molecule has 1 rings (SSSR count). The van der Waals surface area contributed by atoms with E-state index in [9.17, 15) is 15.0 Å². The minimum Gasteiger partial charge on any atom is -0.507 e. The summed E-state index contributed by atoms with van der Waals surface area (Å²) in [7, 11) is 1.45. The van der Waals surface area contributed by atoms with E-state index < -0.39 is 22.8 Å². The number of ether oxygens (including phenoxy) is 1. The van der Waals surface area contributed by atoms with Crippen LogP contribution in [0.5, 0.6) is 5.75 Å². The fourth-order valence-corrected chi connectivity index (χ4v) is 1.48. The molecule has 0 unspecified atom stereocenters. The summed E-state index contributed by atoms with van der Waals surface area (Å²) in [5.74, 6) is -0.759. The molecule has 0 aliphatic carbocycles. The van der Waals surface area contributed by atoms with Gasteiger partial charge in [-0.05, 0) is 60.6 Å². The van der Waals surface area contributed by atoms with Gasteiger partial charge in [-0.25, -0.2) is 4.79 Å². The van der Waals surface area contributed by atoms with Crippen LogP contribution in [0.4, 0.5) is 0 Å². The Morgan fingerprint density at radius 2 is 1.65 bits per heavy atom. The number of carbonyl (C=O) groups is 1. The van der Waals surface area contributed by atoms with Crippen LogP contribution in [-0.4, -0.2) is 40.5 Å². The number of esters is 1. The molecule has 1 aromatic rings. The van der Waals surface area contributed by atoms with Crippen molar-refractivity contribution in [1.29, 1.82) is 0 Å². The fourth-order valence-electron chi connectivity index (χ4n) is 1.48. The zero-order valence-electron chi connectivity index (χ0n) is 14.9. The van der Waals surface area contributed by atoms with Crippen molar-refractivity contribution in [2.24, 2.45) is 0 Å². The monoisotopic (exact) mass is 321 g/mol. The Bertz CT molecular complexity index is 567. The van der Waals surface area contributed by atoms with Crippen LogP contribution in [0.2, 0.25) is 0 Å². The summed E-state index contributed by atoms with van der Waals surface area (Å²) < 4.78 is 10.9. The first-order chi connectivity index (χ1) is 10.2. The second-order valence-corrected chi connectivity index (χ2v) is 7.58. The number of phenols is 1. The van der Waals surface area contributed by atoms with Crippen LogP contribution >= 0.6 is 0 Å². The van der Waals surface area contributed by atoms with Crippen LogP contribution in [0.15, 0.2) is 18.2 Å². The molecule has 0 saturated carbocycles. The van der Waals surface area contributed by atoms with Gasteiger partial charge in [0.05, 0.1) is 11.2 Å². The van der Waals surface area contributed by atoms with Crippen molar-refractivity contribution in [3.05, 3.63) is 23.8 Å². The predicted octanol–water partition coefficient (Wildman–Crippen LogP) is 2.16. The second kappa shape index (κ2) is 6.53. The Balaban J connectivity index is 2.92. The number of hydrogen-bond donors (Lipinski definition) is 2. The summed E-state index contributed by atoms with van der Waals surface area (Å²) in [6.07, 6.45) is 0. The van der Waals surface area contributed by atoms with Crippen molar-refractivity contribution in [3.8, 4) is 5.75 Å². The van der Waals surface area contributed by atoms with E-state index in [1.165, 1.54) is 19.6 Å². The molecule has 23 heavy (non-hydrogen) atoms. The molecule has 0 amide bonds. The highest BCUT2D eigenvalue weighted by atomic mass is 16.6. The maximum absolute atomic E-state index is 12.1. The molecule has 0 bridgehead atoms. The molecule has 0 heterocycles. The van der Waals surface area contributed by atoms with E-state index in [-0.39, 0.29) is 11.3 Å². The van der Waals surface area contributed by atoms with Gasteiger partial charge in [0, 0.05) is 0 Å². The summed E-state index contributed by atoms with van der Waals surface area (Å²) in [6, 6.07) is 4.51. The zero-order valence-corrected chi connectivity index (χ0v) is 14.9. The second-order valence-electron chi connectivity index (χ2n) is 7.58. The fraction of sp³-hybridized carbons (Fsp3) is 0.588. The predicted molar refractivity (Wildman–Crippen MR) is 90.1 cm³/mol. The summed E-state index contributed by atoms with van der Waals surface area (Å²) in [5.41, 5.74) is -1.87. The first-order valence-electron chi connectivity index (χ1n) is 7.53. The number of hydrogen-bond acceptors (Lipinski definition) is 5. The van der Waals surface area contributed by atoms with Gasteiger partial charge in [-0.3, -0.25) is 0 Å². The van der Waals surface area contributed by atoms with Crippen LogP contribution in [0.25, 0.3) is 0 Å². The number of phenolic OH excluding ortho intramolecular Hbond substituents is 1. The summed E-state index contributed by atoms with van der Waals surface area (Å²) in [4.78, 5) is 12.1. The maximum atomic E-state index is 12.1. The van der Waals surface area contributed by atoms with Gasteiger partial charge in [0.15, 0.2) is 0 Å². The number of aromatic hydroxyl groups is 1. The lowest BCUT2D eigenvalue weighted by Crippen LogP contribution is -2.49. The Labute approximate surface area is 138 Å². The van der Waals surface area contributed by atoms with Crippen molar-refractivity contribution < 1.29 is 24.4 Å². The van der Waals surface area contributed by atoms with Crippen LogP contribution in [0.3, 0.4) is 0 Å². The third kappa shape index (κ3) is 5.55. The Hall–Kier alpha value is -1.53. The molecule has 1 radical (unpaired) electrons. The Morgan fingerprint density at radius 1 is 1.09 bits per heavy atom. The average Bonchev–Trinajstić information content (AvgIpc) is 2.34. The van der Waals surface area contributed by atoms with Crippen molar-refractivity contribution in [3.63, 3.8) is 0 Å². The van der Waals surface area contributed by atoms with Gasteiger partial charge in [-0.2, -0.15) is 0 Å². The van der Waals surface area contributed by atoms with Gasteiger partial charge in [-0.15, -0.1) is 0 Å². The van der Waals surface area contributed by atoms with Gasteiger partial charge in [0.1, 0.15) is 16.9 Å². The van der Waals surface area contributed by atoms with Gasteiger partial charge in [0.2, 0.25) is 0 Å². The summed E-state index contributed by atoms with van der Waals surface area (Å²) in [5, 5.41) is 19.9. The lowest BCUT2D eigenvalue weighted by Gasteiger charge is -2.37. The first kappa shape index (κ1) is 19.5. The molecule has 2 N–H and O–H groups in total. The van der Waals surface area contributed by atoms with E-state index in [0.29, 0.717) is 5.46 Å². The molecule has 0 aliphatic rings. The van der Waals surface area contributed by atoms with E-state index in [4.69, 9.17) is 9.39 Å². The van der Waals surface area contributed by atoms with Crippen LogP contribution in [0, 0.1) is 0 Å². The standard InChI is InChI=1S/C17H26BO5/c1-15(2,3)22-14(20)12-10-11(8-9-13(12)19)18-23-17(6,7)16(4,5)21/h8-10,19,21H,1-7H3. The molecule has 0 aliphatic heterocycles. The summed E-state index contributed by atoms with van der Waals surface area (Å²) >= 11 is 0. The van der Waals surface area contributed by atoms with Gasteiger partial charge in [-0.1, -0.05) is 11.5 Å². The minimum atomic E-state index is -1.05. The lowest BCUT2D eigenvalue weighted by molar-refractivity contribution is -0.0893. The van der Waals surface area contributed by atoms with Crippen molar-refractivity contribution in [2.75, 3.05) is 0 Å². The zero-order chi connectivity index (χ0) is 18.1. The largest absolute Gasteiger partial charge is 0.507 e. The first-order valence-corrected chi connectivity index (χ1v) is 7.53. The Kier molecular flexibility index (Phi) is 5.55. The summed E-state index contributed by atoms with van der Waals surface area (Å²) in [6.45, 7) is 12.1. The molecular formula is C17H26BO5. The number of aliphatic hydroxyl groups is 1. The Morgan fingerprint density at radius 3 is 2.13 bits per heavy atom. The smallest absolute Gasteiger partial charge is 0.342 e. The third-order valence-corrected chi connectivity index (χ3v) is 3.60. The topological polar surface area (TPSA) is 76.0 Å². The number of carbonyl (C=O) groups excluding carboxylic acids is 1. The van der Waals surface area contributed by atoms with E-state index in [2.05, 4.69) is 0 Å². The number of benzene rings is 1. The van der Waals surface area contributed by atoms with Crippen molar-refractivity contribution in [1.82, 2.24) is 0 Å². The molecule has 127 valence electrons. The molecule has 0 saturated heterocycles. The molecule has 1 aromatic carbocycles. The molecule has 0 fully saturated rings. The van der Waals surface area contributed by atoms with Gasteiger partial charge in [0.25, 0.3) is 0 Å². The van der Waals surface area contributed by atoms with Crippen LogP contribution in [-0.2, 0) is 9.39 Å². The van der Waals surface area contributed by atoms with Crippen molar-refractivity contribution >= 4 is 18.9 Å². The van der Waals surface area contributed by atoms with Gasteiger partial charge < -0.3 is 19.6 Å². The number of rotatable bonds is 5. The highest BCUT2D eigenvalue weighted by molar-refractivity contribution is 6.47. The maximum Gasteiger partial charge on any atom is 0.342 e. The lowest BCUT2D eigenvalue weighted by atomic mass is 9.82. The average molecular weight is 321 g/mol. The molecular weight excluding hydrogens is 295 g/mol. The highest BCUT2D eigenvalue weighted by Crippen LogP contribution is 2.24. The van der Waals surface area contributed by atoms with E-state index in [1.54, 1.807) is 54.5 Å². The SMILES string of the molecule is CC(C)(C)OC(=O)c1cc([B]OC(C)(C)C(C)(C)O)ccc1O. The quantitative estimate of drug-likeness (QED) is 0.642. The molecule has 6 heteroatoms. The molecule has 5 nitrogen and oxygen atoms in total. The van der Waals surface area contributed by atoms with E-state index in [1.807, 2.05) is 0 Å². The molecule has 0 spiro atoms. The van der Waals surface area contributed by atoms with E-state index in [0.717, 1.165) is 0 Å². The van der Waals surface area contributed by atoms with Gasteiger partial charge >= 0.3 is 13.5 Å². The molecule has 0 aromatic heterocycles. The molecule has 0 atom stereocenters. The van der Waals surface area contributed by atoms with E-state index >= 15 is 0 Å². The van der Waals surface area contributed by atoms with Crippen molar-refractivity contribution in [2.45, 2.75) is 65.3 Å². The van der Waals surface area contributed by atoms with Crippen LogP contribution < -0.4 is 5.46 Å². The van der Waals surface area contributed by atoms with Crippen LogP contribution in [0.1, 0.15) is 58.8 Å².